The first kappa shape index (κ1) is 32.3. The standard InChI is InChI=1S/C35H35N5O5S2/c1-5-6-9-18-45-25-16-15-24(19-26(25)44-4)30-28(31(41)29-22(3)36-27-10-7-8-17-39(27)29)32(42)33(43)40(30)34-37-38-35(47-34)46-20-23-13-11-21(2)12-14-23/h7-8,10-17,19,30,41H,5-6,9,18,20H2,1-4H3. The third-order valence-electron chi connectivity index (χ3n) is 7.97. The molecular weight excluding hydrogens is 635 g/mol. The summed E-state index contributed by atoms with van der Waals surface area (Å²) in [6.45, 7) is 6.45. The van der Waals surface area contributed by atoms with Gasteiger partial charge < -0.3 is 14.6 Å². The fourth-order valence-corrected chi connectivity index (χ4v) is 7.39. The van der Waals surface area contributed by atoms with Crippen molar-refractivity contribution in [2.45, 2.75) is 56.2 Å². The Morgan fingerprint density at radius 3 is 2.60 bits per heavy atom. The summed E-state index contributed by atoms with van der Waals surface area (Å²) in [4.78, 5) is 33.6. The number of benzene rings is 2. The maximum absolute atomic E-state index is 13.9. The zero-order valence-electron chi connectivity index (χ0n) is 26.6. The van der Waals surface area contributed by atoms with Crippen LogP contribution in [0.3, 0.4) is 0 Å². The highest BCUT2D eigenvalue weighted by Crippen LogP contribution is 2.46. The predicted octanol–water partition coefficient (Wildman–Crippen LogP) is 7.30. The van der Waals surface area contributed by atoms with Crippen molar-refractivity contribution in [3.05, 3.63) is 101 Å². The molecule has 0 saturated carbocycles. The minimum Gasteiger partial charge on any atom is -0.505 e. The number of thioether (sulfide) groups is 1. The topological polar surface area (TPSA) is 119 Å². The van der Waals surface area contributed by atoms with Crippen LogP contribution in [-0.4, -0.2) is 50.1 Å². The van der Waals surface area contributed by atoms with E-state index in [4.69, 9.17) is 9.47 Å². The van der Waals surface area contributed by atoms with Crippen molar-refractivity contribution in [2.24, 2.45) is 0 Å². The molecule has 10 nitrogen and oxygen atoms in total. The number of Topliss-reactive ketones (excluding diaryl/α,β-unsaturated/α-hetero) is 1. The molecule has 47 heavy (non-hydrogen) atoms. The highest BCUT2D eigenvalue weighted by Gasteiger charge is 2.49. The molecule has 1 atom stereocenters. The average molecular weight is 670 g/mol. The summed E-state index contributed by atoms with van der Waals surface area (Å²) in [6, 6.07) is 18.0. The Morgan fingerprint density at radius 1 is 1.02 bits per heavy atom. The fraction of sp³-hybridized carbons (Fsp3) is 0.286. The molecule has 1 saturated heterocycles. The Hall–Kier alpha value is -4.68. The van der Waals surface area contributed by atoms with E-state index in [0.717, 1.165) is 24.8 Å². The van der Waals surface area contributed by atoms with Crippen LogP contribution in [0.15, 0.2) is 76.8 Å². The number of anilines is 1. The van der Waals surface area contributed by atoms with E-state index >= 15 is 0 Å². The van der Waals surface area contributed by atoms with Gasteiger partial charge in [0.1, 0.15) is 11.3 Å². The molecule has 1 unspecified atom stereocenters. The van der Waals surface area contributed by atoms with Crippen molar-refractivity contribution < 1.29 is 24.2 Å². The second-order valence-electron chi connectivity index (χ2n) is 11.2. The molecule has 4 heterocycles. The number of carbonyl (C=O) groups is 2. The SMILES string of the molecule is CCCCCOc1ccc(C2C(=C(O)c3c(C)nc4ccccn34)C(=O)C(=O)N2c2nnc(SCc3ccc(C)cc3)s2)cc1OC. The van der Waals surface area contributed by atoms with Crippen LogP contribution in [0.4, 0.5) is 5.13 Å². The molecule has 0 spiro atoms. The Kier molecular flexibility index (Phi) is 9.60. The minimum absolute atomic E-state index is 0.0773. The van der Waals surface area contributed by atoms with Gasteiger partial charge in [-0.3, -0.25) is 18.9 Å². The highest BCUT2D eigenvalue weighted by atomic mass is 32.2. The molecule has 242 valence electrons. The van der Waals surface area contributed by atoms with Crippen LogP contribution in [0, 0.1) is 13.8 Å². The number of aromatic nitrogens is 4. The first-order chi connectivity index (χ1) is 22.8. The highest BCUT2D eigenvalue weighted by molar-refractivity contribution is 8.00. The van der Waals surface area contributed by atoms with Crippen LogP contribution in [0.2, 0.25) is 0 Å². The maximum atomic E-state index is 13.9. The molecule has 1 amide bonds. The van der Waals surface area contributed by atoms with Gasteiger partial charge in [-0.05, 0) is 55.7 Å². The molecule has 0 bridgehead atoms. The van der Waals surface area contributed by atoms with Crippen LogP contribution < -0.4 is 14.4 Å². The summed E-state index contributed by atoms with van der Waals surface area (Å²) in [5, 5.41) is 20.8. The normalized spacial score (nSPS) is 15.9. The van der Waals surface area contributed by atoms with Gasteiger partial charge in [-0.1, -0.05) is 84.8 Å². The predicted molar refractivity (Wildman–Crippen MR) is 183 cm³/mol. The second kappa shape index (κ2) is 14.0. The van der Waals surface area contributed by atoms with E-state index < -0.39 is 17.7 Å². The van der Waals surface area contributed by atoms with E-state index in [1.54, 1.807) is 48.9 Å². The molecule has 6 rings (SSSR count). The minimum atomic E-state index is -1.02. The first-order valence-electron chi connectivity index (χ1n) is 15.4. The van der Waals surface area contributed by atoms with Gasteiger partial charge >= 0.3 is 5.91 Å². The third kappa shape index (κ3) is 6.48. The van der Waals surface area contributed by atoms with Crippen molar-refractivity contribution in [1.29, 1.82) is 0 Å². The van der Waals surface area contributed by atoms with Gasteiger partial charge in [0.25, 0.3) is 5.78 Å². The summed E-state index contributed by atoms with van der Waals surface area (Å²) < 4.78 is 14.0. The van der Waals surface area contributed by atoms with Gasteiger partial charge in [-0.15, -0.1) is 10.2 Å². The third-order valence-corrected chi connectivity index (χ3v) is 10.1. The molecule has 0 radical (unpaired) electrons. The number of aliphatic hydroxyl groups excluding tert-OH is 1. The number of ether oxygens (including phenoxy) is 2. The molecule has 2 aromatic carbocycles. The van der Waals surface area contributed by atoms with E-state index in [1.807, 2.05) is 19.1 Å². The lowest BCUT2D eigenvalue weighted by Crippen LogP contribution is -2.29. The number of fused-ring (bicyclic) bond motifs is 1. The number of hydrogen-bond acceptors (Lipinski definition) is 10. The number of hydrogen-bond donors (Lipinski definition) is 1. The molecular formula is C35H35N5O5S2. The van der Waals surface area contributed by atoms with Crippen LogP contribution >= 0.6 is 23.1 Å². The Labute approximate surface area is 281 Å². The number of nitrogens with zero attached hydrogens (tertiary/aromatic N) is 5. The molecule has 0 aliphatic carbocycles. The molecule has 1 aliphatic heterocycles. The van der Waals surface area contributed by atoms with Crippen molar-refractivity contribution >= 4 is 51.3 Å². The number of ketones is 1. The number of aliphatic hydroxyl groups is 1. The zero-order chi connectivity index (χ0) is 33.1. The molecule has 3 aromatic heterocycles. The smallest absolute Gasteiger partial charge is 0.301 e. The second-order valence-corrected chi connectivity index (χ2v) is 13.4. The number of aryl methyl sites for hydroxylation is 2. The summed E-state index contributed by atoms with van der Waals surface area (Å²) in [7, 11) is 1.54. The quantitative estimate of drug-likeness (QED) is 0.0365. The average Bonchev–Trinajstić information content (AvgIpc) is 3.76. The van der Waals surface area contributed by atoms with Gasteiger partial charge in [-0.25, -0.2) is 4.98 Å². The first-order valence-corrected chi connectivity index (χ1v) is 17.2. The number of imidazole rings is 1. The zero-order valence-corrected chi connectivity index (χ0v) is 28.2. The van der Waals surface area contributed by atoms with Crippen molar-refractivity contribution in [3.8, 4) is 11.5 Å². The van der Waals surface area contributed by atoms with Crippen LogP contribution in [0.1, 0.15) is 60.3 Å². The van der Waals surface area contributed by atoms with E-state index in [0.29, 0.717) is 50.8 Å². The van der Waals surface area contributed by atoms with Crippen molar-refractivity contribution in [3.63, 3.8) is 0 Å². The van der Waals surface area contributed by atoms with E-state index in [2.05, 4.69) is 46.4 Å². The van der Waals surface area contributed by atoms with Crippen molar-refractivity contribution in [2.75, 3.05) is 18.6 Å². The van der Waals surface area contributed by atoms with E-state index in [-0.39, 0.29) is 16.5 Å². The molecule has 12 heteroatoms. The monoisotopic (exact) mass is 669 g/mol. The molecule has 5 aromatic rings. The molecule has 1 fully saturated rings. The number of unbranched alkanes of at least 4 members (excludes halogenated alkanes) is 2. The lowest BCUT2D eigenvalue weighted by atomic mass is 9.96. The van der Waals surface area contributed by atoms with Gasteiger partial charge in [0.2, 0.25) is 5.13 Å². The maximum Gasteiger partial charge on any atom is 0.301 e. The number of amides is 1. The number of pyridine rings is 1. The Morgan fingerprint density at radius 2 is 1.83 bits per heavy atom. The summed E-state index contributed by atoms with van der Waals surface area (Å²) in [6.07, 6.45) is 4.78. The Bertz CT molecular complexity index is 1970. The molecule has 1 N–H and O–H groups in total. The van der Waals surface area contributed by atoms with Gasteiger partial charge in [0.05, 0.1) is 31.0 Å². The summed E-state index contributed by atoms with van der Waals surface area (Å²) in [5.74, 6) is -0.310. The summed E-state index contributed by atoms with van der Waals surface area (Å²) >= 11 is 2.72. The number of methoxy groups -OCH3 is 1. The van der Waals surface area contributed by atoms with Crippen LogP contribution in [0.5, 0.6) is 11.5 Å². The van der Waals surface area contributed by atoms with Gasteiger partial charge in [-0.2, -0.15) is 0 Å². The van der Waals surface area contributed by atoms with E-state index in [9.17, 15) is 14.7 Å². The number of rotatable bonds is 12. The number of carbonyl (C=O) groups excluding carboxylic acids is 2. The largest absolute Gasteiger partial charge is 0.505 e. The Balaban J connectivity index is 1.43. The van der Waals surface area contributed by atoms with Crippen LogP contribution in [0.25, 0.3) is 11.4 Å². The van der Waals surface area contributed by atoms with Crippen molar-refractivity contribution in [1.82, 2.24) is 19.6 Å². The lowest BCUT2D eigenvalue weighted by Gasteiger charge is -2.23. The van der Waals surface area contributed by atoms with Gasteiger partial charge in [0, 0.05) is 11.9 Å². The van der Waals surface area contributed by atoms with E-state index in [1.165, 1.54) is 33.6 Å². The van der Waals surface area contributed by atoms with Gasteiger partial charge in [0.15, 0.2) is 21.6 Å². The molecule has 1 aliphatic rings. The fourth-order valence-electron chi connectivity index (χ4n) is 5.57. The lowest BCUT2D eigenvalue weighted by molar-refractivity contribution is -0.132. The summed E-state index contributed by atoms with van der Waals surface area (Å²) in [5.41, 5.74) is 4.22. The van der Waals surface area contributed by atoms with Crippen LogP contribution in [-0.2, 0) is 15.3 Å².